The van der Waals surface area contributed by atoms with E-state index in [2.05, 4.69) is 10.3 Å². The van der Waals surface area contributed by atoms with E-state index >= 15 is 0 Å². The molecule has 1 aliphatic carbocycles. The number of nitrogens with zero attached hydrogens (tertiary/aromatic N) is 1. The Balaban J connectivity index is 1.76. The van der Waals surface area contributed by atoms with Crippen LogP contribution in [0.1, 0.15) is 27.4 Å². The Labute approximate surface area is 150 Å². The summed E-state index contributed by atoms with van der Waals surface area (Å²) in [6.45, 7) is 0. The minimum atomic E-state index is -0.847. The lowest BCUT2D eigenvalue weighted by Gasteiger charge is -2.24. The van der Waals surface area contributed by atoms with Gasteiger partial charge in [-0.15, -0.1) is 0 Å². The summed E-state index contributed by atoms with van der Waals surface area (Å²) in [5, 5.41) is 2.82. The predicted molar refractivity (Wildman–Crippen MR) is 98.4 cm³/mol. The van der Waals surface area contributed by atoms with Gasteiger partial charge in [-0.3, -0.25) is 14.6 Å². The van der Waals surface area contributed by atoms with E-state index < -0.39 is 11.9 Å². The van der Waals surface area contributed by atoms with Crippen LogP contribution in [0.4, 0.5) is 0 Å². The zero-order valence-electron chi connectivity index (χ0n) is 13.9. The van der Waals surface area contributed by atoms with E-state index in [1.54, 1.807) is 12.1 Å². The van der Waals surface area contributed by atoms with Crippen molar-refractivity contribution in [2.75, 3.05) is 0 Å². The van der Waals surface area contributed by atoms with Crippen molar-refractivity contribution in [2.24, 2.45) is 5.73 Å². The van der Waals surface area contributed by atoms with Gasteiger partial charge < -0.3 is 11.1 Å². The molecule has 128 valence electrons. The summed E-state index contributed by atoms with van der Waals surface area (Å²) in [6.07, 6.45) is 3.07. The van der Waals surface area contributed by atoms with Gasteiger partial charge >= 0.3 is 0 Å². The van der Waals surface area contributed by atoms with Gasteiger partial charge in [0.15, 0.2) is 0 Å². The first-order chi connectivity index (χ1) is 12.7. The number of carbonyl (C=O) groups excluding carboxylic acids is 2. The van der Waals surface area contributed by atoms with Crippen LogP contribution in [0.3, 0.4) is 0 Å². The smallest absolute Gasteiger partial charge is 0.252 e. The van der Waals surface area contributed by atoms with E-state index in [-0.39, 0.29) is 11.8 Å². The first-order valence-electron chi connectivity index (χ1n) is 8.35. The van der Waals surface area contributed by atoms with E-state index in [1.165, 1.54) is 12.4 Å². The monoisotopic (exact) mass is 343 g/mol. The molecule has 0 unspecified atom stereocenters. The van der Waals surface area contributed by atoms with E-state index in [1.807, 2.05) is 48.5 Å². The molecule has 3 N–H and O–H groups in total. The third-order valence-electron chi connectivity index (χ3n) is 4.75. The number of hydrogen-bond donors (Lipinski definition) is 2. The van der Waals surface area contributed by atoms with Crippen molar-refractivity contribution in [3.05, 3.63) is 89.7 Å². The average molecular weight is 343 g/mol. The number of pyridine rings is 1. The molecule has 0 saturated carbocycles. The molecule has 2 aromatic carbocycles. The maximum atomic E-state index is 12.6. The Kier molecular flexibility index (Phi) is 3.97. The van der Waals surface area contributed by atoms with Crippen molar-refractivity contribution in [2.45, 2.75) is 12.0 Å². The molecule has 0 saturated heterocycles. The number of fused-ring (bicyclic) bond motifs is 3. The topological polar surface area (TPSA) is 85.1 Å². The number of primary amides is 1. The summed E-state index contributed by atoms with van der Waals surface area (Å²) < 4.78 is 0. The molecule has 2 amide bonds. The second kappa shape index (κ2) is 6.44. The fourth-order valence-corrected chi connectivity index (χ4v) is 3.60. The van der Waals surface area contributed by atoms with Crippen molar-refractivity contribution in [1.29, 1.82) is 0 Å². The van der Waals surface area contributed by atoms with Crippen LogP contribution in [0.25, 0.3) is 11.1 Å². The molecule has 0 spiro atoms. The summed E-state index contributed by atoms with van der Waals surface area (Å²) >= 11 is 0. The average Bonchev–Trinajstić information content (AvgIpc) is 3.01. The highest BCUT2D eigenvalue weighted by molar-refractivity contribution is 5.98. The minimum absolute atomic E-state index is 0.314. The van der Waals surface area contributed by atoms with Gasteiger partial charge in [0.25, 0.3) is 5.91 Å². The summed E-state index contributed by atoms with van der Waals surface area (Å²) in [5.74, 6) is -1.23. The third kappa shape index (κ3) is 2.63. The zero-order chi connectivity index (χ0) is 18.1. The fourth-order valence-electron chi connectivity index (χ4n) is 3.60. The van der Waals surface area contributed by atoms with Crippen LogP contribution in [0, 0.1) is 0 Å². The first kappa shape index (κ1) is 16.0. The fraction of sp³-hybridized carbons (Fsp3) is 0.0952. The van der Waals surface area contributed by atoms with Crippen molar-refractivity contribution in [3.63, 3.8) is 0 Å². The Hall–Kier alpha value is -3.47. The third-order valence-corrected chi connectivity index (χ3v) is 4.75. The van der Waals surface area contributed by atoms with Crippen molar-refractivity contribution in [3.8, 4) is 11.1 Å². The molecule has 1 aromatic heterocycles. The normalized spacial score (nSPS) is 13.5. The van der Waals surface area contributed by atoms with Crippen LogP contribution in [-0.4, -0.2) is 22.8 Å². The van der Waals surface area contributed by atoms with E-state index in [4.69, 9.17) is 5.73 Å². The SMILES string of the molecule is NC(=O)[C@@H](NC(=O)c1ccncc1)C1c2ccccc2-c2ccccc21. The molecule has 26 heavy (non-hydrogen) atoms. The summed E-state index contributed by atoms with van der Waals surface area (Å²) in [6, 6.07) is 18.2. The van der Waals surface area contributed by atoms with Gasteiger partial charge in [-0.1, -0.05) is 48.5 Å². The lowest BCUT2D eigenvalue weighted by molar-refractivity contribution is -0.120. The molecule has 3 aromatic rings. The Morgan fingerprint density at radius 2 is 1.42 bits per heavy atom. The van der Waals surface area contributed by atoms with Crippen LogP contribution in [0.15, 0.2) is 73.1 Å². The standard InChI is InChI=1S/C21H17N3O2/c22-20(25)19(24-21(26)13-9-11-23-12-10-13)18-16-7-3-1-5-14(16)15-6-2-4-8-17(15)18/h1-12,18-19H,(H2,22,25)(H,24,26)/t19-/m0/s1. The number of benzene rings is 2. The molecule has 4 rings (SSSR count). The number of amides is 2. The van der Waals surface area contributed by atoms with Gasteiger partial charge in [-0.25, -0.2) is 0 Å². The highest BCUT2D eigenvalue weighted by Gasteiger charge is 2.37. The van der Waals surface area contributed by atoms with Crippen LogP contribution in [0.2, 0.25) is 0 Å². The maximum absolute atomic E-state index is 12.6. The van der Waals surface area contributed by atoms with Gasteiger partial charge in [-0.05, 0) is 34.4 Å². The number of nitrogens with two attached hydrogens (primary N) is 1. The molecule has 5 nitrogen and oxygen atoms in total. The maximum Gasteiger partial charge on any atom is 0.252 e. The number of rotatable bonds is 4. The number of nitrogens with one attached hydrogen (secondary N) is 1. The van der Waals surface area contributed by atoms with Crippen LogP contribution >= 0.6 is 0 Å². The molecule has 0 bridgehead atoms. The van der Waals surface area contributed by atoms with Gasteiger partial charge in [0.2, 0.25) is 5.91 Å². The quantitative estimate of drug-likeness (QED) is 0.763. The molecular formula is C21H17N3O2. The van der Waals surface area contributed by atoms with Crippen molar-refractivity contribution >= 4 is 11.8 Å². The van der Waals surface area contributed by atoms with E-state index in [0.717, 1.165) is 22.3 Å². The van der Waals surface area contributed by atoms with E-state index in [9.17, 15) is 9.59 Å². The molecule has 1 aliphatic rings. The van der Waals surface area contributed by atoms with Crippen LogP contribution in [0.5, 0.6) is 0 Å². The molecule has 0 radical (unpaired) electrons. The van der Waals surface area contributed by atoms with Gasteiger partial charge in [0.1, 0.15) is 6.04 Å². The number of carbonyl (C=O) groups is 2. The minimum Gasteiger partial charge on any atom is -0.368 e. The lowest BCUT2D eigenvalue weighted by atomic mass is 9.88. The number of hydrogen-bond acceptors (Lipinski definition) is 3. The Morgan fingerprint density at radius 1 is 0.885 bits per heavy atom. The van der Waals surface area contributed by atoms with Crippen molar-refractivity contribution in [1.82, 2.24) is 10.3 Å². The molecule has 0 aliphatic heterocycles. The largest absolute Gasteiger partial charge is 0.368 e. The van der Waals surface area contributed by atoms with Crippen molar-refractivity contribution < 1.29 is 9.59 Å². The second-order valence-corrected chi connectivity index (χ2v) is 6.24. The van der Waals surface area contributed by atoms with Gasteiger partial charge in [0.05, 0.1) is 0 Å². The molecule has 1 atom stereocenters. The second-order valence-electron chi connectivity index (χ2n) is 6.24. The number of aromatic nitrogens is 1. The highest BCUT2D eigenvalue weighted by Crippen LogP contribution is 2.46. The summed E-state index contributed by atoms with van der Waals surface area (Å²) in [7, 11) is 0. The molecular weight excluding hydrogens is 326 g/mol. The van der Waals surface area contributed by atoms with E-state index in [0.29, 0.717) is 5.56 Å². The molecule has 5 heteroatoms. The van der Waals surface area contributed by atoms with Gasteiger partial charge in [-0.2, -0.15) is 0 Å². The Bertz CT molecular complexity index is 940. The predicted octanol–water partition coefficient (Wildman–Crippen LogP) is 2.48. The summed E-state index contributed by atoms with van der Waals surface area (Å²) in [4.78, 5) is 28.8. The molecule has 0 fully saturated rings. The highest BCUT2D eigenvalue weighted by atomic mass is 16.2. The summed E-state index contributed by atoms with van der Waals surface area (Å²) in [5.41, 5.74) is 10.2. The molecule has 1 heterocycles. The zero-order valence-corrected chi connectivity index (χ0v) is 13.9. The van der Waals surface area contributed by atoms with Crippen LogP contribution in [-0.2, 0) is 4.79 Å². The lowest BCUT2D eigenvalue weighted by Crippen LogP contribution is -2.48. The van der Waals surface area contributed by atoms with Gasteiger partial charge in [0, 0.05) is 23.9 Å². The van der Waals surface area contributed by atoms with Crippen LogP contribution < -0.4 is 11.1 Å². The Morgan fingerprint density at radius 3 is 1.96 bits per heavy atom. The first-order valence-corrected chi connectivity index (χ1v) is 8.35.